The molecular formula is C25H30N4O2S. The highest BCUT2D eigenvalue weighted by atomic mass is 32.2. The summed E-state index contributed by atoms with van der Waals surface area (Å²) in [4.78, 5) is 32.2. The lowest BCUT2D eigenvalue weighted by molar-refractivity contribution is -0.116. The molecule has 0 unspecified atom stereocenters. The Balaban J connectivity index is 1.42. The van der Waals surface area contributed by atoms with Crippen molar-refractivity contribution in [2.45, 2.75) is 50.4 Å². The maximum atomic E-state index is 12.8. The molecule has 3 aromatic rings. The van der Waals surface area contributed by atoms with E-state index < -0.39 is 0 Å². The van der Waals surface area contributed by atoms with E-state index in [1.165, 1.54) is 19.3 Å². The molecule has 1 aliphatic carbocycles. The predicted octanol–water partition coefficient (Wildman–Crippen LogP) is 4.94. The van der Waals surface area contributed by atoms with E-state index >= 15 is 0 Å². The van der Waals surface area contributed by atoms with Gasteiger partial charge in [0, 0.05) is 24.3 Å². The van der Waals surface area contributed by atoms with Crippen molar-refractivity contribution in [2.24, 2.45) is 0 Å². The molecule has 1 heterocycles. The number of hydrogen-bond acceptors (Lipinski definition) is 4. The molecule has 32 heavy (non-hydrogen) atoms. The Morgan fingerprint density at radius 1 is 1.09 bits per heavy atom. The fraction of sp³-hybridized carbons (Fsp3) is 0.400. The molecule has 7 heteroatoms. The molecule has 1 N–H and O–H groups in total. The fourth-order valence-electron chi connectivity index (χ4n) is 4.42. The summed E-state index contributed by atoms with van der Waals surface area (Å²) < 4.78 is 1.97. The Morgan fingerprint density at radius 2 is 1.81 bits per heavy atom. The summed E-state index contributed by atoms with van der Waals surface area (Å²) in [5.74, 6) is 1.56. The zero-order chi connectivity index (χ0) is 22.5. The average molecular weight is 451 g/mol. The summed E-state index contributed by atoms with van der Waals surface area (Å²) in [6.45, 7) is 0.196. The van der Waals surface area contributed by atoms with Crippen LogP contribution in [0.1, 0.15) is 48.3 Å². The van der Waals surface area contributed by atoms with Gasteiger partial charge in [-0.15, -0.1) is 0 Å². The van der Waals surface area contributed by atoms with Gasteiger partial charge in [0.1, 0.15) is 12.4 Å². The highest BCUT2D eigenvalue weighted by molar-refractivity contribution is 7.97. The van der Waals surface area contributed by atoms with E-state index in [0.717, 1.165) is 35.5 Å². The van der Waals surface area contributed by atoms with Crippen molar-refractivity contribution >= 4 is 40.3 Å². The topological polar surface area (TPSA) is 67.2 Å². The van der Waals surface area contributed by atoms with Gasteiger partial charge in [0.2, 0.25) is 5.91 Å². The van der Waals surface area contributed by atoms with Gasteiger partial charge in [0.15, 0.2) is 0 Å². The highest BCUT2D eigenvalue weighted by Crippen LogP contribution is 2.23. The number of benzene rings is 2. The number of thioether (sulfide) groups is 1. The van der Waals surface area contributed by atoms with Gasteiger partial charge in [-0.2, -0.15) is 11.8 Å². The lowest BCUT2D eigenvalue weighted by Gasteiger charge is -2.31. The molecule has 1 aliphatic rings. The second-order valence-electron chi connectivity index (χ2n) is 8.37. The van der Waals surface area contributed by atoms with Crippen LogP contribution in [-0.4, -0.2) is 45.6 Å². The zero-order valence-corrected chi connectivity index (χ0v) is 19.5. The summed E-state index contributed by atoms with van der Waals surface area (Å²) in [5.41, 5.74) is 3.19. The number of nitrogens with zero attached hydrogens (tertiary/aromatic N) is 3. The second-order valence-corrected chi connectivity index (χ2v) is 9.24. The van der Waals surface area contributed by atoms with Crippen molar-refractivity contribution in [3.05, 3.63) is 59.9 Å². The molecule has 1 fully saturated rings. The first kappa shape index (κ1) is 22.4. The van der Waals surface area contributed by atoms with E-state index in [1.807, 2.05) is 47.0 Å². The third kappa shape index (κ3) is 4.99. The van der Waals surface area contributed by atoms with Crippen LogP contribution in [0.4, 0.5) is 5.69 Å². The number of imidazole rings is 1. The van der Waals surface area contributed by atoms with Crippen LogP contribution in [0, 0.1) is 0 Å². The Labute approximate surface area is 193 Å². The molecule has 1 saturated carbocycles. The number of aromatic nitrogens is 2. The SMILES string of the molecule is CSCc1nc2ccccc2n1CC(=O)Nc1ccc(C(=O)N(C)C2CCCCC2)cc1. The summed E-state index contributed by atoms with van der Waals surface area (Å²) in [6, 6.07) is 15.4. The summed E-state index contributed by atoms with van der Waals surface area (Å²) in [5, 5.41) is 2.95. The monoisotopic (exact) mass is 450 g/mol. The Bertz CT molecular complexity index is 1090. The number of fused-ring (bicyclic) bond motifs is 1. The maximum absolute atomic E-state index is 12.8. The standard InChI is InChI=1S/C25H30N4O2S/c1-28(20-8-4-3-5-9-20)25(31)18-12-14-19(15-13-18)26-24(30)16-29-22-11-7-6-10-21(22)27-23(29)17-32-2/h6-7,10-15,20H,3-5,8-9,16-17H2,1-2H3,(H,26,30). The van der Waals surface area contributed by atoms with Crippen LogP contribution in [0.15, 0.2) is 48.5 Å². The zero-order valence-electron chi connectivity index (χ0n) is 18.7. The minimum absolute atomic E-state index is 0.0429. The summed E-state index contributed by atoms with van der Waals surface area (Å²) in [6.07, 6.45) is 7.84. The van der Waals surface area contributed by atoms with Crippen LogP contribution >= 0.6 is 11.8 Å². The van der Waals surface area contributed by atoms with Crippen LogP contribution in [-0.2, 0) is 17.1 Å². The van der Waals surface area contributed by atoms with Crippen molar-refractivity contribution in [2.75, 3.05) is 18.6 Å². The molecule has 0 bridgehead atoms. The number of rotatable bonds is 7. The number of hydrogen-bond donors (Lipinski definition) is 1. The molecule has 0 atom stereocenters. The predicted molar refractivity (Wildman–Crippen MR) is 131 cm³/mol. The van der Waals surface area contributed by atoms with E-state index in [4.69, 9.17) is 0 Å². The Kier molecular flexibility index (Phi) is 7.15. The lowest BCUT2D eigenvalue weighted by Crippen LogP contribution is -2.38. The highest BCUT2D eigenvalue weighted by Gasteiger charge is 2.23. The van der Waals surface area contributed by atoms with Crippen molar-refractivity contribution in [3.8, 4) is 0 Å². The molecular weight excluding hydrogens is 420 g/mol. The van der Waals surface area contributed by atoms with Crippen LogP contribution in [0.3, 0.4) is 0 Å². The van der Waals surface area contributed by atoms with Crippen LogP contribution in [0.25, 0.3) is 11.0 Å². The average Bonchev–Trinajstić information content (AvgIpc) is 3.16. The van der Waals surface area contributed by atoms with Gasteiger partial charge in [-0.3, -0.25) is 9.59 Å². The molecule has 2 amide bonds. The number of amides is 2. The van der Waals surface area contributed by atoms with Crippen molar-refractivity contribution in [1.82, 2.24) is 14.5 Å². The number of carbonyl (C=O) groups is 2. The minimum atomic E-state index is -0.117. The van der Waals surface area contributed by atoms with Crippen LogP contribution < -0.4 is 5.32 Å². The molecule has 6 nitrogen and oxygen atoms in total. The van der Waals surface area contributed by atoms with Gasteiger partial charge < -0.3 is 14.8 Å². The van der Waals surface area contributed by atoms with Gasteiger partial charge in [-0.1, -0.05) is 31.4 Å². The first-order chi connectivity index (χ1) is 15.6. The number of anilines is 1. The largest absolute Gasteiger partial charge is 0.339 e. The van der Waals surface area contributed by atoms with E-state index in [2.05, 4.69) is 10.3 Å². The first-order valence-electron chi connectivity index (χ1n) is 11.2. The fourth-order valence-corrected chi connectivity index (χ4v) is 4.90. The molecule has 1 aromatic heterocycles. The summed E-state index contributed by atoms with van der Waals surface area (Å²) in [7, 11) is 1.90. The quantitative estimate of drug-likeness (QED) is 0.553. The normalized spacial score (nSPS) is 14.4. The van der Waals surface area contributed by atoms with Crippen LogP contribution in [0.2, 0.25) is 0 Å². The van der Waals surface area contributed by atoms with Crippen LogP contribution in [0.5, 0.6) is 0 Å². The maximum Gasteiger partial charge on any atom is 0.253 e. The van der Waals surface area contributed by atoms with Gasteiger partial charge in [0.25, 0.3) is 5.91 Å². The van der Waals surface area contributed by atoms with Gasteiger partial charge >= 0.3 is 0 Å². The van der Waals surface area contributed by atoms with E-state index in [0.29, 0.717) is 17.3 Å². The molecule has 0 saturated heterocycles. The first-order valence-corrected chi connectivity index (χ1v) is 12.6. The van der Waals surface area contributed by atoms with Crippen molar-refractivity contribution in [3.63, 3.8) is 0 Å². The molecule has 0 aliphatic heterocycles. The molecule has 0 spiro atoms. The molecule has 168 valence electrons. The molecule has 0 radical (unpaired) electrons. The smallest absolute Gasteiger partial charge is 0.253 e. The van der Waals surface area contributed by atoms with Gasteiger partial charge in [0.05, 0.1) is 16.8 Å². The van der Waals surface area contributed by atoms with E-state index in [1.54, 1.807) is 36.0 Å². The summed E-state index contributed by atoms with van der Waals surface area (Å²) >= 11 is 1.68. The number of para-hydroxylation sites is 2. The third-order valence-corrected chi connectivity index (χ3v) is 6.71. The van der Waals surface area contributed by atoms with E-state index in [9.17, 15) is 9.59 Å². The second kappa shape index (κ2) is 10.2. The lowest BCUT2D eigenvalue weighted by atomic mass is 9.94. The van der Waals surface area contributed by atoms with E-state index in [-0.39, 0.29) is 18.4 Å². The Morgan fingerprint density at radius 3 is 2.53 bits per heavy atom. The third-order valence-electron chi connectivity index (χ3n) is 6.17. The van der Waals surface area contributed by atoms with Crippen molar-refractivity contribution < 1.29 is 9.59 Å². The molecule has 2 aromatic carbocycles. The van der Waals surface area contributed by atoms with Crippen molar-refractivity contribution in [1.29, 1.82) is 0 Å². The Hall–Kier alpha value is -2.80. The number of nitrogens with one attached hydrogen (secondary N) is 1. The number of carbonyl (C=O) groups excluding carboxylic acids is 2. The van der Waals surface area contributed by atoms with Gasteiger partial charge in [-0.05, 0) is 55.5 Å². The molecule has 4 rings (SSSR count). The van der Waals surface area contributed by atoms with Gasteiger partial charge in [-0.25, -0.2) is 4.98 Å². The minimum Gasteiger partial charge on any atom is -0.339 e.